The minimum absolute atomic E-state index is 0.145. The topological polar surface area (TPSA) is 50.4 Å². The third-order valence-electron chi connectivity index (χ3n) is 3.51. The van der Waals surface area contributed by atoms with Crippen LogP contribution >= 0.6 is 11.3 Å². The van der Waals surface area contributed by atoms with Gasteiger partial charge in [-0.05, 0) is 17.0 Å². The molecule has 0 aliphatic carbocycles. The van der Waals surface area contributed by atoms with E-state index in [1.807, 2.05) is 0 Å². The summed E-state index contributed by atoms with van der Waals surface area (Å²) in [6, 6.07) is 3.90. The number of urea groups is 1. The van der Waals surface area contributed by atoms with Crippen LogP contribution < -0.4 is 10.6 Å². The number of ether oxygens (including phenoxy) is 1. The lowest BCUT2D eigenvalue weighted by molar-refractivity contribution is 0.187. The lowest BCUT2D eigenvalue weighted by Crippen LogP contribution is -2.22. The van der Waals surface area contributed by atoms with Crippen molar-refractivity contribution in [1.29, 1.82) is 0 Å². The second-order valence-electron chi connectivity index (χ2n) is 4.97. The van der Waals surface area contributed by atoms with E-state index in [0.29, 0.717) is 12.2 Å². The maximum absolute atomic E-state index is 14.4. The monoisotopic (exact) mass is 324 g/mol. The van der Waals surface area contributed by atoms with Crippen LogP contribution in [0.15, 0.2) is 23.6 Å². The quantitative estimate of drug-likeness (QED) is 0.907. The summed E-state index contributed by atoms with van der Waals surface area (Å²) in [6.45, 7) is 0.678. The van der Waals surface area contributed by atoms with E-state index in [2.05, 4.69) is 10.6 Å². The third-order valence-corrected chi connectivity index (χ3v) is 4.42. The molecule has 22 heavy (non-hydrogen) atoms. The highest BCUT2D eigenvalue weighted by Crippen LogP contribution is 2.32. The molecule has 2 heterocycles. The summed E-state index contributed by atoms with van der Waals surface area (Å²) in [5, 5.41) is 6.84. The highest BCUT2D eigenvalue weighted by Gasteiger charge is 2.26. The molecule has 1 unspecified atom stereocenters. The van der Waals surface area contributed by atoms with Gasteiger partial charge < -0.3 is 15.4 Å². The Kier molecular flexibility index (Phi) is 4.08. The van der Waals surface area contributed by atoms with Crippen molar-refractivity contribution in [1.82, 2.24) is 10.6 Å². The number of rotatable bonds is 4. The zero-order valence-electron chi connectivity index (χ0n) is 11.8. The van der Waals surface area contributed by atoms with Crippen molar-refractivity contribution in [3.05, 3.63) is 45.7 Å². The molecule has 0 spiro atoms. The molecule has 0 saturated carbocycles. The molecule has 3 rings (SSSR count). The first-order valence-corrected chi connectivity index (χ1v) is 7.57. The molecule has 2 N–H and O–H groups in total. The Morgan fingerprint density at radius 2 is 2.18 bits per heavy atom. The van der Waals surface area contributed by atoms with E-state index in [9.17, 15) is 13.6 Å². The highest BCUT2D eigenvalue weighted by molar-refractivity contribution is 7.10. The van der Waals surface area contributed by atoms with Crippen molar-refractivity contribution in [3.8, 4) is 11.1 Å². The number of nitrogens with one attached hydrogen (secondary N) is 2. The molecule has 1 atom stereocenters. The van der Waals surface area contributed by atoms with Crippen LogP contribution in [0.25, 0.3) is 11.1 Å². The van der Waals surface area contributed by atoms with Gasteiger partial charge in [-0.3, -0.25) is 0 Å². The van der Waals surface area contributed by atoms with Crippen LogP contribution in [0.2, 0.25) is 0 Å². The number of halogens is 2. The molecule has 1 aliphatic rings. The molecule has 1 fully saturated rings. The first-order valence-electron chi connectivity index (χ1n) is 6.69. The molecule has 2 aromatic rings. The second-order valence-corrected chi connectivity index (χ2v) is 5.97. The van der Waals surface area contributed by atoms with E-state index in [1.54, 1.807) is 18.6 Å². The van der Waals surface area contributed by atoms with E-state index >= 15 is 0 Å². The fourth-order valence-electron chi connectivity index (χ4n) is 2.44. The third kappa shape index (κ3) is 2.69. The normalized spacial score (nSPS) is 17.4. The second kappa shape index (κ2) is 6.02. The summed E-state index contributed by atoms with van der Waals surface area (Å²) < 4.78 is 33.7. The number of benzene rings is 1. The Hall–Kier alpha value is -1.99. The molecule has 2 amide bonds. The average molecular weight is 324 g/mol. The van der Waals surface area contributed by atoms with Crippen LogP contribution in [0.3, 0.4) is 0 Å². The summed E-state index contributed by atoms with van der Waals surface area (Å²) in [4.78, 5) is 12.1. The van der Waals surface area contributed by atoms with Crippen molar-refractivity contribution in [2.24, 2.45) is 0 Å². The van der Waals surface area contributed by atoms with Crippen LogP contribution in [0.4, 0.5) is 13.6 Å². The Labute approximate surface area is 130 Å². The first-order chi connectivity index (χ1) is 10.6. The highest BCUT2D eigenvalue weighted by atomic mass is 32.1. The van der Waals surface area contributed by atoms with E-state index in [-0.39, 0.29) is 23.7 Å². The van der Waals surface area contributed by atoms with Gasteiger partial charge in [0.2, 0.25) is 0 Å². The number of methoxy groups -OCH3 is 1. The first kappa shape index (κ1) is 14.9. The molecular formula is C15H14F2N2O2S. The van der Waals surface area contributed by atoms with Crippen molar-refractivity contribution in [3.63, 3.8) is 0 Å². The minimum Gasteiger partial charge on any atom is -0.379 e. The minimum atomic E-state index is -0.925. The van der Waals surface area contributed by atoms with E-state index in [1.165, 1.54) is 23.5 Å². The van der Waals surface area contributed by atoms with Gasteiger partial charge in [-0.15, -0.1) is 11.3 Å². The average Bonchev–Trinajstić information content (AvgIpc) is 3.12. The molecule has 1 aromatic heterocycles. The van der Waals surface area contributed by atoms with Gasteiger partial charge in [-0.1, -0.05) is 12.1 Å². The van der Waals surface area contributed by atoms with Gasteiger partial charge in [-0.2, -0.15) is 0 Å². The predicted octanol–water partition coefficient (Wildman–Crippen LogP) is 3.19. The molecule has 1 saturated heterocycles. The Bertz CT molecular complexity index is 718. The number of amides is 2. The Morgan fingerprint density at radius 1 is 1.36 bits per heavy atom. The van der Waals surface area contributed by atoms with Crippen LogP contribution in [-0.2, 0) is 11.3 Å². The summed E-state index contributed by atoms with van der Waals surface area (Å²) in [6.07, 6.45) is 0. The van der Waals surface area contributed by atoms with Crippen LogP contribution in [0.5, 0.6) is 0 Å². The van der Waals surface area contributed by atoms with Crippen molar-refractivity contribution in [2.45, 2.75) is 12.6 Å². The molecular weight excluding hydrogens is 310 g/mol. The zero-order chi connectivity index (χ0) is 15.7. The van der Waals surface area contributed by atoms with Gasteiger partial charge in [0, 0.05) is 29.7 Å². The number of thiophene rings is 1. The van der Waals surface area contributed by atoms with Crippen molar-refractivity contribution < 1.29 is 18.3 Å². The van der Waals surface area contributed by atoms with E-state index < -0.39 is 17.7 Å². The van der Waals surface area contributed by atoms with Gasteiger partial charge in [0.1, 0.15) is 0 Å². The zero-order valence-corrected chi connectivity index (χ0v) is 12.6. The summed E-state index contributed by atoms with van der Waals surface area (Å²) in [5.74, 6) is -1.83. The van der Waals surface area contributed by atoms with Crippen LogP contribution in [-0.4, -0.2) is 19.7 Å². The molecule has 0 bridgehead atoms. The number of carbonyl (C=O) groups is 1. The lowest BCUT2D eigenvalue weighted by atomic mass is 10.0. The standard InChI is InChI=1S/C15H14F2N2O2S/c1-21-6-9-4-8(7-22-9)10-2-3-11(14(17)13(10)16)12-5-18-15(20)19-12/h2-4,7,12H,5-6H2,1H3,(H2,18,19,20). The SMILES string of the molecule is COCc1cc(-c2ccc(C3CNC(=O)N3)c(F)c2F)cs1. The maximum atomic E-state index is 14.4. The summed E-state index contributed by atoms with van der Waals surface area (Å²) >= 11 is 1.43. The maximum Gasteiger partial charge on any atom is 0.315 e. The molecule has 1 aromatic carbocycles. The fourth-order valence-corrected chi connectivity index (χ4v) is 3.29. The van der Waals surface area contributed by atoms with Gasteiger partial charge in [0.25, 0.3) is 0 Å². The molecule has 1 aliphatic heterocycles. The van der Waals surface area contributed by atoms with E-state index in [4.69, 9.17) is 4.74 Å². The van der Waals surface area contributed by atoms with Gasteiger partial charge in [0.15, 0.2) is 11.6 Å². The molecule has 7 heteroatoms. The lowest BCUT2D eigenvalue weighted by Gasteiger charge is -2.12. The molecule has 4 nitrogen and oxygen atoms in total. The Balaban J connectivity index is 1.93. The van der Waals surface area contributed by atoms with E-state index in [0.717, 1.165) is 4.88 Å². The van der Waals surface area contributed by atoms with Crippen molar-refractivity contribution >= 4 is 17.4 Å². The number of hydrogen-bond donors (Lipinski definition) is 2. The molecule has 0 radical (unpaired) electrons. The van der Waals surface area contributed by atoms with Crippen LogP contribution in [0.1, 0.15) is 16.5 Å². The van der Waals surface area contributed by atoms with Crippen molar-refractivity contribution in [2.75, 3.05) is 13.7 Å². The van der Waals surface area contributed by atoms with Gasteiger partial charge in [-0.25, -0.2) is 13.6 Å². The summed E-state index contributed by atoms with van der Waals surface area (Å²) in [7, 11) is 1.58. The fraction of sp³-hybridized carbons (Fsp3) is 0.267. The van der Waals surface area contributed by atoms with Gasteiger partial charge >= 0.3 is 6.03 Å². The largest absolute Gasteiger partial charge is 0.379 e. The number of carbonyl (C=O) groups excluding carboxylic acids is 1. The van der Waals surface area contributed by atoms with Crippen LogP contribution in [0, 0.1) is 11.6 Å². The smallest absolute Gasteiger partial charge is 0.315 e. The Morgan fingerprint density at radius 3 is 2.86 bits per heavy atom. The predicted molar refractivity (Wildman–Crippen MR) is 79.7 cm³/mol. The molecule has 116 valence electrons. The number of hydrogen-bond acceptors (Lipinski definition) is 3. The van der Waals surface area contributed by atoms with Gasteiger partial charge in [0.05, 0.1) is 12.6 Å². The summed E-state index contributed by atoms with van der Waals surface area (Å²) in [5.41, 5.74) is 0.970.